The normalized spacial score (nSPS) is 10.4. The highest BCUT2D eigenvalue weighted by molar-refractivity contribution is 6.14. The molecule has 0 aliphatic carbocycles. The molecule has 0 spiro atoms. The van der Waals surface area contributed by atoms with Gasteiger partial charge in [-0.2, -0.15) is 5.10 Å². The maximum absolute atomic E-state index is 11.7. The molecule has 6 nitrogen and oxygen atoms in total. The van der Waals surface area contributed by atoms with Crippen molar-refractivity contribution in [3.63, 3.8) is 0 Å². The van der Waals surface area contributed by atoms with Crippen molar-refractivity contribution in [2.24, 2.45) is 0 Å². The summed E-state index contributed by atoms with van der Waals surface area (Å²) in [6.45, 7) is 1.62. The van der Waals surface area contributed by atoms with Gasteiger partial charge in [-0.05, 0) is 43.3 Å². The zero-order valence-electron chi connectivity index (χ0n) is 13.0. The number of nitrogens with two attached hydrogens (primary N) is 1. The third-order valence-electron chi connectivity index (χ3n) is 3.62. The van der Waals surface area contributed by atoms with Crippen LogP contribution in [0, 0.1) is 12.3 Å². The number of hydrogen-bond donors (Lipinski definition) is 3. The molecule has 0 fully saturated rings. The van der Waals surface area contributed by atoms with Gasteiger partial charge >= 0.3 is 0 Å². The minimum Gasteiger partial charge on any atom is -0.457 e. The highest BCUT2D eigenvalue weighted by Crippen LogP contribution is 2.23. The van der Waals surface area contributed by atoms with Crippen molar-refractivity contribution in [1.29, 1.82) is 5.41 Å². The number of nitrogens with one attached hydrogen (secondary N) is 2. The highest BCUT2D eigenvalue weighted by atomic mass is 16.5. The molecule has 6 heteroatoms. The first kappa shape index (κ1) is 15.5. The van der Waals surface area contributed by atoms with Gasteiger partial charge in [0, 0.05) is 11.1 Å². The number of aromatic nitrogens is 2. The van der Waals surface area contributed by atoms with Crippen LogP contribution in [0.2, 0.25) is 0 Å². The number of para-hydroxylation sites is 1. The van der Waals surface area contributed by atoms with E-state index in [2.05, 4.69) is 10.2 Å². The largest absolute Gasteiger partial charge is 0.457 e. The van der Waals surface area contributed by atoms with Gasteiger partial charge < -0.3 is 10.5 Å². The maximum atomic E-state index is 11.7. The number of ether oxygens (including phenoxy) is 1. The van der Waals surface area contributed by atoms with E-state index in [4.69, 9.17) is 15.9 Å². The second-order valence-electron chi connectivity index (χ2n) is 5.25. The van der Waals surface area contributed by atoms with Crippen LogP contribution in [0.5, 0.6) is 11.5 Å². The van der Waals surface area contributed by atoms with Crippen molar-refractivity contribution in [3.8, 4) is 11.5 Å². The van der Waals surface area contributed by atoms with E-state index in [9.17, 15) is 4.79 Å². The minimum absolute atomic E-state index is 0.127. The van der Waals surface area contributed by atoms with Crippen LogP contribution in [0.4, 0.5) is 5.82 Å². The first-order valence-corrected chi connectivity index (χ1v) is 7.33. The standard InChI is InChI=1S/C18H16N4O2/c1-11-15(17(20)21-22-18(11)23)16(19)12-7-9-14(10-8-12)24-13-5-3-2-4-6-13/h2-10,19H,1H3,(H2,20,21)(H,22,23). The van der Waals surface area contributed by atoms with Gasteiger partial charge in [-0.25, -0.2) is 5.10 Å². The molecule has 0 saturated heterocycles. The first-order chi connectivity index (χ1) is 11.6. The highest BCUT2D eigenvalue weighted by Gasteiger charge is 2.15. The molecular formula is C18H16N4O2. The van der Waals surface area contributed by atoms with E-state index in [1.54, 1.807) is 31.2 Å². The van der Waals surface area contributed by atoms with Crippen LogP contribution in [0.25, 0.3) is 0 Å². The van der Waals surface area contributed by atoms with Crippen LogP contribution in [0.15, 0.2) is 59.4 Å². The second kappa shape index (κ2) is 6.37. The lowest BCUT2D eigenvalue weighted by Crippen LogP contribution is -2.20. The Hall–Kier alpha value is -3.41. The molecule has 120 valence electrons. The fraction of sp³-hybridized carbons (Fsp3) is 0.0556. The van der Waals surface area contributed by atoms with Crippen molar-refractivity contribution in [3.05, 3.63) is 81.6 Å². The Balaban J connectivity index is 1.87. The number of nitrogen functional groups attached to an aromatic ring is 1. The van der Waals surface area contributed by atoms with Crippen LogP contribution in [0.1, 0.15) is 16.7 Å². The quantitative estimate of drug-likeness (QED) is 0.643. The molecule has 0 aliphatic heterocycles. The summed E-state index contributed by atoms with van der Waals surface area (Å²) in [5, 5.41) is 14.4. The Kier molecular flexibility index (Phi) is 4.11. The molecule has 0 unspecified atom stereocenters. The van der Waals surface area contributed by atoms with Gasteiger partial charge in [0.15, 0.2) is 5.82 Å². The zero-order chi connectivity index (χ0) is 17.1. The summed E-state index contributed by atoms with van der Waals surface area (Å²) in [5.41, 5.74) is 6.95. The zero-order valence-corrected chi connectivity index (χ0v) is 13.0. The van der Waals surface area contributed by atoms with Gasteiger partial charge in [-0.15, -0.1) is 0 Å². The van der Waals surface area contributed by atoms with Crippen molar-refractivity contribution >= 4 is 11.5 Å². The van der Waals surface area contributed by atoms with E-state index >= 15 is 0 Å². The molecule has 3 rings (SSSR count). The van der Waals surface area contributed by atoms with E-state index in [-0.39, 0.29) is 17.1 Å². The summed E-state index contributed by atoms with van der Waals surface area (Å²) in [7, 11) is 0. The molecule has 0 bridgehead atoms. The summed E-state index contributed by atoms with van der Waals surface area (Å²) < 4.78 is 5.72. The monoisotopic (exact) mass is 320 g/mol. The summed E-state index contributed by atoms with van der Waals surface area (Å²) in [4.78, 5) is 11.7. The topological polar surface area (TPSA) is 105 Å². The third kappa shape index (κ3) is 3.03. The van der Waals surface area contributed by atoms with Gasteiger partial charge in [0.1, 0.15) is 11.5 Å². The number of benzene rings is 2. The molecule has 0 saturated carbocycles. The molecule has 0 amide bonds. The maximum Gasteiger partial charge on any atom is 0.267 e. The summed E-state index contributed by atoms with van der Waals surface area (Å²) in [5.74, 6) is 1.52. The van der Waals surface area contributed by atoms with Crippen LogP contribution < -0.4 is 16.0 Å². The molecular weight excluding hydrogens is 304 g/mol. The number of anilines is 1. The lowest BCUT2D eigenvalue weighted by atomic mass is 10.00. The van der Waals surface area contributed by atoms with Crippen molar-refractivity contribution in [2.45, 2.75) is 6.92 Å². The Morgan fingerprint density at radius 3 is 2.38 bits per heavy atom. The van der Waals surface area contributed by atoms with Crippen LogP contribution in [-0.4, -0.2) is 15.9 Å². The number of nitrogens with zero attached hydrogens (tertiary/aromatic N) is 1. The average Bonchev–Trinajstić information content (AvgIpc) is 2.60. The first-order valence-electron chi connectivity index (χ1n) is 7.33. The van der Waals surface area contributed by atoms with Crippen LogP contribution in [-0.2, 0) is 0 Å². The smallest absolute Gasteiger partial charge is 0.267 e. The summed E-state index contributed by atoms with van der Waals surface area (Å²) in [6.07, 6.45) is 0. The number of H-pyrrole nitrogens is 1. The van der Waals surface area contributed by atoms with E-state index in [1.165, 1.54) is 0 Å². The fourth-order valence-corrected chi connectivity index (χ4v) is 2.33. The van der Waals surface area contributed by atoms with Gasteiger partial charge in [-0.1, -0.05) is 18.2 Å². The number of aromatic amines is 1. The van der Waals surface area contributed by atoms with Crippen molar-refractivity contribution < 1.29 is 4.74 Å². The van der Waals surface area contributed by atoms with E-state index in [0.29, 0.717) is 22.4 Å². The third-order valence-corrected chi connectivity index (χ3v) is 3.62. The van der Waals surface area contributed by atoms with E-state index in [0.717, 1.165) is 5.75 Å². The molecule has 2 aromatic carbocycles. The molecule has 0 radical (unpaired) electrons. The predicted molar refractivity (Wildman–Crippen MR) is 92.9 cm³/mol. The van der Waals surface area contributed by atoms with Gasteiger partial charge in [0.25, 0.3) is 5.56 Å². The molecule has 4 N–H and O–H groups in total. The summed E-state index contributed by atoms with van der Waals surface area (Å²) >= 11 is 0. The Morgan fingerprint density at radius 1 is 1.08 bits per heavy atom. The SMILES string of the molecule is Cc1c(C(=N)c2ccc(Oc3ccccc3)cc2)c(N)n[nH]c1=O. The number of hydrogen-bond acceptors (Lipinski definition) is 5. The Bertz CT molecular complexity index is 931. The van der Waals surface area contributed by atoms with E-state index in [1.807, 2.05) is 30.3 Å². The average molecular weight is 320 g/mol. The van der Waals surface area contributed by atoms with Gasteiger partial charge in [0.2, 0.25) is 0 Å². The number of rotatable bonds is 4. The van der Waals surface area contributed by atoms with Crippen molar-refractivity contribution in [1.82, 2.24) is 10.2 Å². The Morgan fingerprint density at radius 2 is 1.71 bits per heavy atom. The molecule has 24 heavy (non-hydrogen) atoms. The van der Waals surface area contributed by atoms with Crippen LogP contribution in [0.3, 0.4) is 0 Å². The summed E-state index contributed by atoms with van der Waals surface area (Å²) in [6, 6.07) is 16.5. The van der Waals surface area contributed by atoms with E-state index < -0.39 is 0 Å². The lowest BCUT2D eigenvalue weighted by Gasteiger charge is -2.10. The molecule has 0 atom stereocenters. The molecule has 1 aromatic heterocycles. The predicted octanol–water partition coefficient (Wildman–Crippen LogP) is 2.87. The molecule has 0 aliphatic rings. The van der Waals surface area contributed by atoms with Crippen molar-refractivity contribution in [2.75, 3.05) is 5.73 Å². The van der Waals surface area contributed by atoms with Gasteiger partial charge in [-0.3, -0.25) is 10.2 Å². The van der Waals surface area contributed by atoms with Gasteiger partial charge in [0.05, 0.1) is 11.3 Å². The fourth-order valence-electron chi connectivity index (χ4n) is 2.33. The molecule has 3 aromatic rings. The Labute approximate surface area is 138 Å². The van der Waals surface area contributed by atoms with Crippen LogP contribution >= 0.6 is 0 Å². The lowest BCUT2D eigenvalue weighted by molar-refractivity contribution is 0.482. The second-order valence-corrected chi connectivity index (χ2v) is 5.25. The minimum atomic E-state index is -0.354. The molecule has 1 heterocycles.